The fourth-order valence-corrected chi connectivity index (χ4v) is 3.13. The molecule has 0 radical (unpaired) electrons. The summed E-state index contributed by atoms with van der Waals surface area (Å²) in [5.74, 6) is -1.08. The molecule has 0 aliphatic carbocycles. The normalized spacial score (nSPS) is 21.4. The van der Waals surface area contributed by atoms with Crippen LogP contribution >= 0.6 is 0 Å². The molecule has 5 nitrogen and oxygen atoms in total. The van der Waals surface area contributed by atoms with Crippen molar-refractivity contribution >= 4 is 22.8 Å². The first-order valence-corrected chi connectivity index (χ1v) is 7.89. The predicted octanol–water partition coefficient (Wildman–Crippen LogP) is 3.10. The number of fused-ring (bicyclic) bond motifs is 1. The van der Waals surface area contributed by atoms with Gasteiger partial charge in [0.2, 0.25) is 5.91 Å². The summed E-state index contributed by atoms with van der Waals surface area (Å²) in [6, 6.07) is 6.32. The standard InChI is InChI=1S/C17H17F3N2O3/c1-10(23)22-9-12(6-7-15(22)17(18,19)20)21-16(24)14-8-11-4-2-3-5-13(11)25-14/h2-5,8,12,15H,6-7,9H2,1H3,(H,21,24)/t12-,15+/m0/s1. The molecule has 1 aromatic carbocycles. The smallest absolute Gasteiger partial charge is 0.408 e. The highest BCUT2D eigenvalue weighted by molar-refractivity contribution is 5.96. The Morgan fingerprint density at radius 2 is 1.96 bits per heavy atom. The molecule has 8 heteroatoms. The van der Waals surface area contributed by atoms with Crippen LogP contribution < -0.4 is 5.32 Å². The topological polar surface area (TPSA) is 62.6 Å². The Kier molecular flexibility index (Phi) is 4.45. The van der Waals surface area contributed by atoms with Gasteiger partial charge in [-0.25, -0.2) is 0 Å². The third-order valence-electron chi connectivity index (χ3n) is 4.35. The van der Waals surface area contributed by atoms with Gasteiger partial charge in [-0.05, 0) is 25.0 Å². The highest BCUT2D eigenvalue weighted by Crippen LogP contribution is 2.32. The summed E-state index contributed by atoms with van der Waals surface area (Å²) < 4.78 is 44.5. The van der Waals surface area contributed by atoms with E-state index in [2.05, 4.69) is 5.32 Å². The second kappa shape index (κ2) is 6.42. The number of nitrogens with one attached hydrogen (secondary N) is 1. The van der Waals surface area contributed by atoms with Crippen molar-refractivity contribution in [1.82, 2.24) is 10.2 Å². The zero-order valence-electron chi connectivity index (χ0n) is 13.5. The molecule has 3 rings (SSSR count). The molecular weight excluding hydrogens is 337 g/mol. The highest BCUT2D eigenvalue weighted by atomic mass is 19.4. The van der Waals surface area contributed by atoms with E-state index in [-0.39, 0.29) is 25.1 Å². The molecular formula is C17H17F3N2O3. The van der Waals surface area contributed by atoms with Gasteiger partial charge in [-0.1, -0.05) is 18.2 Å². The Morgan fingerprint density at radius 1 is 1.24 bits per heavy atom. The first-order chi connectivity index (χ1) is 11.8. The van der Waals surface area contributed by atoms with E-state index in [4.69, 9.17) is 4.42 Å². The van der Waals surface area contributed by atoms with Crippen molar-refractivity contribution in [2.24, 2.45) is 0 Å². The number of halogens is 3. The molecule has 2 aromatic rings. The summed E-state index contributed by atoms with van der Waals surface area (Å²) in [7, 11) is 0. The average Bonchev–Trinajstić information content (AvgIpc) is 2.98. The minimum atomic E-state index is -4.47. The van der Waals surface area contributed by atoms with Crippen molar-refractivity contribution in [3.63, 3.8) is 0 Å². The molecule has 2 heterocycles. The van der Waals surface area contributed by atoms with Crippen LogP contribution in [0.5, 0.6) is 0 Å². The molecule has 1 fully saturated rings. The number of hydrogen-bond donors (Lipinski definition) is 1. The van der Waals surface area contributed by atoms with Gasteiger partial charge in [0.1, 0.15) is 11.6 Å². The predicted molar refractivity (Wildman–Crippen MR) is 83.9 cm³/mol. The molecule has 2 amide bonds. The Bertz CT molecular complexity index is 767. The number of carbonyl (C=O) groups excluding carboxylic acids is 2. The highest BCUT2D eigenvalue weighted by Gasteiger charge is 2.47. The van der Waals surface area contributed by atoms with E-state index in [1.807, 2.05) is 6.07 Å². The zero-order chi connectivity index (χ0) is 18.2. The van der Waals surface area contributed by atoms with Crippen LogP contribution in [-0.2, 0) is 4.79 Å². The molecule has 0 unspecified atom stereocenters. The first kappa shape index (κ1) is 17.3. The lowest BCUT2D eigenvalue weighted by Crippen LogP contribution is -2.57. The van der Waals surface area contributed by atoms with Crippen LogP contribution in [0.2, 0.25) is 0 Å². The van der Waals surface area contributed by atoms with Crippen LogP contribution in [0, 0.1) is 0 Å². The number of furan rings is 1. The molecule has 2 atom stereocenters. The molecule has 0 bridgehead atoms. The van der Waals surface area contributed by atoms with Gasteiger partial charge in [0, 0.05) is 24.9 Å². The van der Waals surface area contributed by atoms with Crippen molar-refractivity contribution in [1.29, 1.82) is 0 Å². The van der Waals surface area contributed by atoms with Crippen molar-refractivity contribution in [3.8, 4) is 0 Å². The number of rotatable bonds is 2. The van der Waals surface area contributed by atoms with Gasteiger partial charge in [-0.3, -0.25) is 9.59 Å². The van der Waals surface area contributed by atoms with E-state index in [0.29, 0.717) is 5.58 Å². The second-order valence-electron chi connectivity index (χ2n) is 6.13. The minimum Gasteiger partial charge on any atom is -0.451 e. The second-order valence-corrected chi connectivity index (χ2v) is 6.13. The summed E-state index contributed by atoms with van der Waals surface area (Å²) in [4.78, 5) is 24.6. The van der Waals surface area contributed by atoms with Crippen LogP contribution in [-0.4, -0.2) is 41.5 Å². The third-order valence-corrected chi connectivity index (χ3v) is 4.35. The van der Waals surface area contributed by atoms with Crippen molar-refractivity contribution < 1.29 is 27.2 Å². The van der Waals surface area contributed by atoms with Gasteiger partial charge in [0.25, 0.3) is 5.91 Å². The minimum absolute atomic E-state index is 0.0912. The number of para-hydroxylation sites is 1. The summed E-state index contributed by atoms with van der Waals surface area (Å²) in [5, 5.41) is 3.42. The maximum atomic E-state index is 13.0. The molecule has 134 valence electrons. The number of amides is 2. The van der Waals surface area contributed by atoms with E-state index in [9.17, 15) is 22.8 Å². The van der Waals surface area contributed by atoms with Gasteiger partial charge in [-0.15, -0.1) is 0 Å². The first-order valence-electron chi connectivity index (χ1n) is 7.89. The number of piperidine rings is 1. The fraction of sp³-hybridized carbons (Fsp3) is 0.412. The van der Waals surface area contributed by atoms with Crippen molar-refractivity contribution in [3.05, 3.63) is 36.1 Å². The Hall–Kier alpha value is -2.51. The van der Waals surface area contributed by atoms with E-state index >= 15 is 0 Å². The zero-order valence-corrected chi connectivity index (χ0v) is 13.5. The van der Waals surface area contributed by atoms with Crippen LogP contribution in [0.1, 0.15) is 30.3 Å². The number of carbonyl (C=O) groups is 2. The summed E-state index contributed by atoms with van der Waals surface area (Å²) in [6.07, 6.45) is -4.58. The van der Waals surface area contributed by atoms with Gasteiger partial charge < -0.3 is 14.6 Å². The van der Waals surface area contributed by atoms with Gasteiger partial charge in [-0.2, -0.15) is 13.2 Å². The fourth-order valence-electron chi connectivity index (χ4n) is 3.13. The molecule has 0 spiro atoms. The average molecular weight is 354 g/mol. The molecule has 1 N–H and O–H groups in total. The molecule has 1 saturated heterocycles. The van der Waals surface area contributed by atoms with E-state index < -0.39 is 30.1 Å². The van der Waals surface area contributed by atoms with E-state index in [1.165, 1.54) is 0 Å². The third kappa shape index (κ3) is 3.62. The van der Waals surface area contributed by atoms with Gasteiger partial charge >= 0.3 is 6.18 Å². The van der Waals surface area contributed by atoms with Crippen molar-refractivity contribution in [2.45, 2.75) is 38.0 Å². The van der Waals surface area contributed by atoms with Crippen LogP contribution in [0.15, 0.2) is 34.7 Å². The maximum absolute atomic E-state index is 13.0. The Morgan fingerprint density at radius 3 is 2.60 bits per heavy atom. The summed E-state index contributed by atoms with van der Waals surface area (Å²) in [5.41, 5.74) is 0.554. The van der Waals surface area contributed by atoms with Gasteiger partial charge in [0.05, 0.1) is 0 Å². The van der Waals surface area contributed by atoms with Crippen LogP contribution in [0.4, 0.5) is 13.2 Å². The lowest BCUT2D eigenvalue weighted by molar-refractivity contribution is -0.196. The molecule has 0 saturated carbocycles. The largest absolute Gasteiger partial charge is 0.451 e. The number of benzene rings is 1. The van der Waals surface area contributed by atoms with Crippen molar-refractivity contribution in [2.75, 3.05) is 6.54 Å². The number of alkyl halides is 3. The molecule has 25 heavy (non-hydrogen) atoms. The van der Waals surface area contributed by atoms with Gasteiger partial charge in [0.15, 0.2) is 5.76 Å². The summed E-state index contributed by atoms with van der Waals surface area (Å²) in [6.45, 7) is 0.924. The Labute approximate surface area is 141 Å². The maximum Gasteiger partial charge on any atom is 0.408 e. The number of nitrogens with zero attached hydrogens (tertiary/aromatic N) is 1. The Balaban J connectivity index is 1.70. The van der Waals surface area contributed by atoms with E-state index in [1.54, 1.807) is 24.3 Å². The molecule has 1 aromatic heterocycles. The monoisotopic (exact) mass is 354 g/mol. The lowest BCUT2D eigenvalue weighted by Gasteiger charge is -2.40. The quantitative estimate of drug-likeness (QED) is 0.901. The summed E-state index contributed by atoms with van der Waals surface area (Å²) >= 11 is 0. The number of likely N-dealkylation sites (tertiary alicyclic amines) is 1. The van der Waals surface area contributed by atoms with Crippen LogP contribution in [0.3, 0.4) is 0 Å². The lowest BCUT2D eigenvalue weighted by atomic mass is 9.97. The molecule has 1 aliphatic rings. The van der Waals surface area contributed by atoms with E-state index in [0.717, 1.165) is 17.2 Å². The van der Waals surface area contributed by atoms with Crippen LogP contribution in [0.25, 0.3) is 11.0 Å². The molecule has 1 aliphatic heterocycles. The number of hydrogen-bond acceptors (Lipinski definition) is 3. The SMILES string of the molecule is CC(=O)N1C[C@@H](NC(=O)c2cc3ccccc3o2)CC[C@@H]1C(F)(F)F.